The van der Waals surface area contributed by atoms with E-state index >= 15 is 0 Å². The molecule has 106 valence electrons. The first-order chi connectivity index (χ1) is 8.93. The van der Waals surface area contributed by atoms with Crippen LogP contribution in [0.2, 0.25) is 0 Å². The predicted octanol–water partition coefficient (Wildman–Crippen LogP) is 1.39. The van der Waals surface area contributed by atoms with Crippen LogP contribution in [0.15, 0.2) is 11.3 Å². The molecule has 0 aromatic rings. The van der Waals surface area contributed by atoms with Gasteiger partial charge in [-0.2, -0.15) is 0 Å². The normalized spacial score (nSPS) is 19.3. The van der Waals surface area contributed by atoms with Crippen LogP contribution >= 0.6 is 11.6 Å². The van der Waals surface area contributed by atoms with Crippen LogP contribution in [0.4, 0.5) is 4.79 Å². The Kier molecular flexibility index (Phi) is 5.35. The zero-order valence-corrected chi connectivity index (χ0v) is 11.9. The second kappa shape index (κ2) is 6.56. The minimum Gasteiger partial charge on any atom is -0.463 e. The molecule has 1 N–H and O–H groups in total. The molecule has 1 unspecified atom stereocenters. The molecule has 0 saturated heterocycles. The van der Waals surface area contributed by atoms with Gasteiger partial charge >= 0.3 is 12.0 Å². The molecule has 3 amide bonds. The number of ether oxygens (including phenoxy) is 1. The molecule has 1 rings (SSSR count). The number of hydrogen-bond acceptors (Lipinski definition) is 4. The molecule has 0 aromatic heterocycles. The Hall–Kier alpha value is -1.56. The van der Waals surface area contributed by atoms with Crippen molar-refractivity contribution in [3.05, 3.63) is 11.3 Å². The maximum Gasteiger partial charge on any atom is 0.337 e. The maximum atomic E-state index is 12.0. The number of amides is 3. The van der Waals surface area contributed by atoms with Gasteiger partial charge in [0.1, 0.15) is 0 Å². The summed E-state index contributed by atoms with van der Waals surface area (Å²) in [5.74, 6) is -0.763. The van der Waals surface area contributed by atoms with Crippen LogP contribution < -0.4 is 5.32 Å². The lowest BCUT2D eigenvalue weighted by Crippen LogP contribution is -2.54. The number of urea groups is 1. The van der Waals surface area contributed by atoms with Crippen molar-refractivity contribution >= 4 is 29.5 Å². The first-order valence-corrected chi connectivity index (χ1v) is 6.52. The number of hydrogen-bond donors (Lipinski definition) is 1. The quantitative estimate of drug-likeness (QED) is 0.626. The van der Waals surface area contributed by atoms with E-state index in [9.17, 15) is 14.4 Å². The van der Waals surface area contributed by atoms with Gasteiger partial charge in [-0.1, -0.05) is 0 Å². The third-order valence-corrected chi connectivity index (χ3v) is 3.00. The SMILES string of the molecule is CCOC(=O)C1=C(C)NC(=O)N(C(C)=O)C1CCCl. The Morgan fingerprint density at radius 2 is 2.11 bits per heavy atom. The second-order valence-corrected chi connectivity index (χ2v) is 4.45. The van der Waals surface area contributed by atoms with Crippen LogP contribution in [-0.4, -0.2) is 41.3 Å². The second-order valence-electron chi connectivity index (χ2n) is 4.07. The largest absolute Gasteiger partial charge is 0.463 e. The fourth-order valence-electron chi connectivity index (χ4n) is 2.05. The van der Waals surface area contributed by atoms with Crippen LogP contribution in [0.1, 0.15) is 27.2 Å². The summed E-state index contributed by atoms with van der Waals surface area (Å²) in [5.41, 5.74) is 0.674. The molecule has 0 radical (unpaired) electrons. The number of imide groups is 1. The van der Waals surface area contributed by atoms with Gasteiger partial charge in [-0.3, -0.25) is 9.69 Å². The minimum absolute atomic E-state index is 0.219. The van der Waals surface area contributed by atoms with E-state index < -0.39 is 23.9 Å². The topological polar surface area (TPSA) is 75.7 Å². The molecule has 0 aromatic carbocycles. The van der Waals surface area contributed by atoms with Crippen molar-refractivity contribution in [2.45, 2.75) is 33.2 Å². The van der Waals surface area contributed by atoms with E-state index in [2.05, 4.69) is 5.32 Å². The van der Waals surface area contributed by atoms with Crippen molar-refractivity contribution in [3.63, 3.8) is 0 Å². The van der Waals surface area contributed by atoms with Crippen molar-refractivity contribution in [3.8, 4) is 0 Å². The van der Waals surface area contributed by atoms with E-state index in [0.29, 0.717) is 12.1 Å². The van der Waals surface area contributed by atoms with E-state index in [1.165, 1.54) is 6.92 Å². The van der Waals surface area contributed by atoms with Gasteiger partial charge in [0.15, 0.2) is 0 Å². The van der Waals surface area contributed by atoms with Crippen LogP contribution in [0, 0.1) is 0 Å². The Bertz CT molecular complexity index is 433. The van der Waals surface area contributed by atoms with Crippen LogP contribution in [0.5, 0.6) is 0 Å². The number of nitrogens with one attached hydrogen (secondary N) is 1. The molecular weight excluding hydrogens is 272 g/mol. The van der Waals surface area contributed by atoms with Crippen LogP contribution in [0.3, 0.4) is 0 Å². The molecule has 7 heteroatoms. The number of carbonyl (C=O) groups excluding carboxylic acids is 3. The molecule has 1 aliphatic rings. The number of allylic oxidation sites excluding steroid dienone is 1. The molecular formula is C12H17ClN2O4. The molecule has 0 bridgehead atoms. The number of esters is 1. The van der Waals surface area contributed by atoms with E-state index in [0.717, 1.165) is 4.90 Å². The number of halogens is 1. The van der Waals surface area contributed by atoms with Gasteiger partial charge < -0.3 is 10.1 Å². The fourth-order valence-corrected chi connectivity index (χ4v) is 2.25. The van der Waals surface area contributed by atoms with Crippen molar-refractivity contribution in [1.29, 1.82) is 0 Å². The van der Waals surface area contributed by atoms with Crippen molar-refractivity contribution in [2.24, 2.45) is 0 Å². The average molecular weight is 289 g/mol. The number of alkyl halides is 1. The molecule has 0 saturated carbocycles. The molecule has 0 fully saturated rings. The lowest BCUT2D eigenvalue weighted by molar-refractivity contribution is -0.139. The molecule has 0 aliphatic carbocycles. The molecule has 1 heterocycles. The third kappa shape index (κ3) is 3.26. The summed E-state index contributed by atoms with van der Waals surface area (Å²) in [4.78, 5) is 36.4. The van der Waals surface area contributed by atoms with Crippen LogP contribution in [0.25, 0.3) is 0 Å². The lowest BCUT2D eigenvalue weighted by Gasteiger charge is -2.35. The minimum atomic E-state index is -0.678. The summed E-state index contributed by atoms with van der Waals surface area (Å²) < 4.78 is 4.96. The zero-order chi connectivity index (χ0) is 14.6. The van der Waals surface area contributed by atoms with E-state index in [-0.39, 0.29) is 18.1 Å². The van der Waals surface area contributed by atoms with Crippen molar-refractivity contribution in [1.82, 2.24) is 10.2 Å². The third-order valence-electron chi connectivity index (χ3n) is 2.78. The van der Waals surface area contributed by atoms with Crippen LogP contribution in [-0.2, 0) is 14.3 Å². The Morgan fingerprint density at radius 1 is 1.47 bits per heavy atom. The Labute approximate surface area is 116 Å². The van der Waals surface area contributed by atoms with Gasteiger partial charge in [0.25, 0.3) is 0 Å². The van der Waals surface area contributed by atoms with Gasteiger partial charge in [-0.25, -0.2) is 9.59 Å². The number of carbonyl (C=O) groups is 3. The van der Waals surface area contributed by atoms with Gasteiger partial charge in [0.2, 0.25) is 5.91 Å². The zero-order valence-electron chi connectivity index (χ0n) is 11.2. The number of nitrogens with zero attached hydrogens (tertiary/aromatic N) is 1. The summed E-state index contributed by atoms with van der Waals surface area (Å²) in [6.07, 6.45) is 0.306. The molecule has 19 heavy (non-hydrogen) atoms. The highest BCUT2D eigenvalue weighted by Crippen LogP contribution is 2.24. The molecule has 1 atom stereocenters. The first-order valence-electron chi connectivity index (χ1n) is 5.98. The maximum absolute atomic E-state index is 12.0. The van der Waals surface area contributed by atoms with E-state index in [4.69, 9.17) is 16.3 Å². The molecule has 1 aliphatic heterocycles. The number of rotatable bonds is 4. The fraction of sp³-hybridized carbons (Fsp3) is 0.583. The summed E-state index contributed by atoms with van der Waals surface area (Å²) in [6, 6.07) is -1.23. The summed E-state index contributed by atoms with van der Waals surface area (Å²) in [5, 5.41) is 2.49. The van der Waals surface area contributed by atoms with Gasteiger partial charge in [-0.05, 0) is 20.3 Å². The summed E-state index contributed by atoms with van der Waals surface area (Å²) in [6.45, 7) is 4.78. The smallest absolute Gasteiger partial charge is 0.337 e. The highest BCUT2D eigenvalue weighted by molar-refractivity contribution is 6.18. The molecule has 0 spiro atoms. The monoisotopic (exact) mass is 288 g/mol. The summed E-state index contributed by atoms with van der Waals surface area (Å²) >= 11 is 5.70. The Morgan fingerprint density at radius 3 is 2.58 bits per heavy atom. The standard InChI is InChI=1S/C12H17ClN2O4/c1-4-19-11(17)10-7(2)14-12(18)15(8(3)16)9(10)5-6-13/h9H,4-6H2,1-3H3,(H,14,18). The highest BCUT2D eigenvalue weighted by Gasteiger charge is 2.38. The first kappa shape index (κ1) is 15.5. The van der Waals surface area contributed by atoms with Crippen molar-refractivity contribution < 1.29 is 19.1 Å². The van der Waals surface area contributed by atoms with Gasteiger partial charge in [0.05, 0.1) is 18.2 Å². The highest BCUT2D eigenvalue weighted by atomic mass is 35.5. The Balaban J connectivity index is 3.21. The lowest BCUT2D eigenvalue weighted by atomic mass is 9.98. The van der Waals surface area contributed by atoms with Crippen molar-refractivity contribution in [2.75, 3.05) is 12.5 Å². The van der Waals surface area contributed by atoms with E-state index in [1.54, 1.807) is 13.8 Å². The van der Waals surface area contributed by atoms with Gasteiger partial charge in [0, 0.05) is 18.5 Å². The average Bonchev–Trinajstić information content (AvgIpc) is 2.28. The molecule has 6 nitrogen and oxygen atoms in total. The van der Waals surface area contributed by atoms with Gasteiger partial charge in [-0.15, -0.1) is 11.6 Å². The van der Waals surface area contributed by atoms with E-state index in [1.807, 2.05) is 0 Å². The predicted molar refractivity (Wildman–Crippen MR) is 69.5 cm³/mol. The summed E-state index contributed by atoms with van der Waals surface area (Å²) in [7, 11) is 0.